The van der Waals surface area contributed by atoms with E-state index in [0.717, 1.165) is 12.1 Å². The zero-order valence-electron chi connectivity index (χ0n) is 13.1. The molecule has 0 amide bonds. The van der Waals surface area contributed by atoms with Crippen molar-refractivity contribution in [3.8, 4) is 0 Å². The van der Waals surface area contributed by atoms with Gasteiger partial charge in [-0.15, -0.1) is 0 Å². The number of halogens is 2. The first kappa shape index (κ1) is 16.7. The first-order valence-corrected chi connectivity index (χ1v) is 8.38. The van der Waals surface area contributed by atoms with Gasteiger partial charge >= 0.3 is 0 Å². The van der Waals surface area contributed by atoms with Gasteiger partial charge < -0.3 is 4.90 Å². The number of hydrogen-bond acceptors (Lipinski definition) is 3. The third-order valence-electron chi connectivity index (χ3n) is 3.94. The summed E-state index contributed by atoms with van der Waals surface area (Å²) < 4.78 is 0. The third-order valence-corrected chi connectivity index (χ3v) is 4.50. The maximum Gasteiger partial charge on any atom is 0.194 e. The monoisotopic (exact) mass is 358 g/mol. The fraction of sp³-hybridized carbons (Fsp3) is 0.158. The van der Waals surface area contributed by atoms with Crippen LogP contribution in [0.15, 0.2) is 59.7 Å². The van der Waals surface area contributed by atoms with Crippen LogP contribution in [0.3, 0.4) is 0 Å². The molecule has 1 aliphatic heterocycles. The molecule has 3 rings (SSSR count). The molecular weight excluding hydrogens is 343 g/mol. The molecule has 0 unspecified atom stereocenters. The van der Waals surface area contributed by atoms with Crippen LogP contribution >= 0.6 is 23.2 Å². The van der Waals surface area contributed by atoms with E-state index >= 15 is 0 Å². The zero-order chi connectivity index (χ0) is 17.1. The Labute approximate surface area is 151 Å². The second kappa shape index (κ2) is 7.20. The minimum atomic E-state index is -0.145. The van der Waals surface area contributed by atoms with Gasteiger partial charge in [0.2, 0.25) is 0 Å². The van der Waals surface area contributed by atoms with E-state index < -0.39 is 0 Å². The van der Waals surface area contributed by atoms with E-state index in [4.69, 9.17) is 23.2 Å². The topological polar surface area (TPSA) is 32.7 Å². The Kier molecular flexibility index (Phi) is 5.03. The molecule has 0 fully saturated rings. The number of carbonyl (C=O) groups is 1. The highest BCUT2D eigenvalue weighted by Gasteiger charge is 2.16. The first-order chi connectivity index (χ1) is 11.6. The average Bonchev–Trinajstić information content (AvgIpc) is 2.81. The van der Waals surface area contributed by atoms with Crippen LogP contribution in [0.2, 0.25) is 10.0 Å². The molecule has 0 saturated carbocycles. The predicted octanol–water partition coefficient (Wildman–Crippen LogP) is 5.37. The molecule has 0 aromatic heterocycles. The van der Waals surface area contributed by atoms with Crippen LogP contribution in [0.4, 0.5) is 5.69 Å². The summed E-state index contributed by atoms with van der Waals surface area (Å²) in [4.78, 5) is 18.9. The van der Waals surface area contributed by atoms with Crippen LogP contribution in [-0.2, 0) is 0 Å². The Balaban J connectivity index is 1.86. The summed E-state index contributed by atoms with van der Waals surface area (Å²) in [6, 6.07) is 12.6. The van der Waals surface area contributed by atoms with Crippen LogP contribution in [0.1, 0.15) is 29.3 Å². The van der Waals surface area contributed by atoms with Crippen molar-refractivity contribution < 1.29 is 4.79 Å². The maximum absolute atomic E-state index is 12.6. The van der Waals surface area contributed by atoms with Gasteiger partial charge in [-0.3, -0.25) is 4.79 Å². The average molecular weight is 359 g/mol. The molecule has 5 heteroatoms. The second-order valence-corrected chi connectivity index (χ2v) is 6.49. The molecule has 0 saturated heterocycles. The van der Waals surface area contributed by atoms with Crippen LogP contribution in [0.5, 0.6) is 0 Å². The number of benzene rings is 2. The van der Waals surface area contributed by atoms with Crippen molar-refractivity contribution in [1.29, 1.82) is 0 Å². The van der Waals surface area contributed by atoms with E-state index in [0.29, 0.717) is 27.2 Å². The summed E-state index contributed by atoms with van der Waals surface area (Å²) in [5.41, 5.74) is 1.97. The zero-order valence-corrected chi connectivity index (χ0v) is 14.6. The van der Waals surface area contributed by atoms with Crippen LogP contribution in [0.25, 0.3) is 0 Å². The Morgan fingerprint density at radius 2 is 1.92 bits per heavy atom. The number of aliphatic imine (C=N–C) groups is 1. The molecule has 0 bridgehead atoms. The quantitative estimate of drug-likeness (QED) is 0.691. The van der Waals surface area contributed by atoms with Crippen molar-refractivity contribution >= 4 is 41.0 Å². The molecule has 1 aliphatic rings. The lowest BCUT2D eigenvalue weighted by Gasteiger charge is -2.25. The Bertz CT molecular complexity index is 813. The molecule has 3 nitrogen and oxygen atoms in total. The largest absolute Gasteiger partial charge is 0.329 e. The number of carbonyl (C=O) groups excluding carboxylic acids is 1. The van der Waals surface area contributed by atoms with E-state index in [9.17, 15) is 4.79 Å². The lowest BCUT2D eigenvalue weighted by molar-refractivity contribution is 0.103. The van der Waals surface area contributed by atoms with Gasteiger partial charge in [0.15, 0.2) is 5.78 Å². The fourth-order valence-electron chi connectivity index (χ4n) is 2.59. The molecule has 0 aliphatic carbocycles. The van der Waals surface area contributed by atoms with Gasteiger partial charge in [-0.25, -0.2) is 4.99 Å². The predicted molar refractivity (Wildman–Crippen MR) is 101 cm³/mol. The highest BCUT2D eigenvalue weighted by atomic mass is 35.5. The normalized spacial score (nSPS) is 17.0. The minimum absolute atomic E-state index is 0.145. The van der Waals surface area contributed by atoms with Crippen molar-refractivity contribution in [2.75, 3.05) is 4.90 Å². The van der Waals surface area contributed by atoms with E-state index in [1.807, 2.05) is 18.2 Å². The van der Waals surface area contributed by atoms with Gasteiger partial charge in [-0.1, -0.05) is 29.3 Å². The summed E-state index contributed by atoms with van der Waals surface area (Å²) in [6.07, 6.45) is 6.56. The summed E-state index contributed by atoms with van der Waals surface area (Å²) in [5.74, 6) is -0.145. The minimum Gasteiger partial charge on any atom is -0.329 e. The van der Waals surface area contributed by atoms with E-state index in [1.54, 1.807) is 42.9 Å². The standard InChI is InChI=1S/C19H16Cl2N2O/c1-13-3-2-10-22-12-23(13)16-7-4-14(5-8-16)19(24)17-11-15(20)6-9-18(17)21/h2,4-13H,3H2,1H3/t13-/m1/s1. The van der Waals surface area contributed by atoms with Crippen molar-refractivity contribution in [1.82, 2.24) is 0 Å². The molecule has 0 N–H and O–H groups in total. The van der Waals surface area contributed by atoms with Crippen molar-refractivity contribution in [2.24, 2.45) is 4.99 Å². The van der Waals surface area contributed by atoms with Crippen molar-refractivity contribution in [2.45, 2.75) is 19.4 Å². The Morgan fingerprint density at radius 1 is 1.17 bits per heavy atom. The van der Waals surface area contributed by atoms with Crippen LogP contribution in [-0.4, -0.2) is 18.2 Å². The lowest BCUT2D eigenvalue weighted by Crippen LogP contribution is -2.30. The molecule has 24 heavy (non-hydrogen) atoms. The number of ketones is 1. The lowest BCUT2D eigenvalue weighted by atomic mass is 10.0. The van der Waals surface area contributed by atoms with E-state index in [1.165, 1.54) is 0 Å². The first-order valence-electron chi connectivity index (χ1n) is 7.63. The molecule has 1 heterocycles. The number of nitrogens with zero attached hydrogens (tertiary/aromatic N) is 2. The van der Waals surface area contributed by atoms with E-state index in [2.05, 4.69) is 16.8 Å². The molecule has 0 spiro atoms. The van der Waals surface area contributed by atoms with Gasteiger partial charge in [-0.2, -0.15) is 0 Å². The molecular formula is C19H16Cl2N2O. The van der Waals surface area contributed by atoms with Gasteiger partial charge in [-0.05, 0) is 55.8 Å². The molecule has 1 atom stereocenters. The van der Waals surface area contributed by atoms with Gasteiger partial charge in [0.05, 0.1) is 11.4 Å². The van der Waals surface area contributed by atoms with Gasteiger partial charge in [0, 0.05) is 34.1 Å². The van der Waals surface area contributed by atoms with Gasteiger partial charge in [0.1, 0.15) is 0 Å². The number of hydrogen-bond donors (Lipinski definition) is 0. The smallest absolute Gasteiger partial charge is 0.194 e. The Hall–Kier alpha value is -2.10. The summed E-state index contributed by atoms with van der Waals surface area (Å²) in [5, 5.41) is 0.884. The second-order valence-electron chi connectivity index (χ2n) is 5.64. The maximum atomic E-state index is 12.6. The number of rotatable bonds is 3. The van der Waals surface area contributed by atoms with Crippen LogP contribution in [0, 0.1) is 0 Å². The number of anilines is 1. The van der Waals surface area contributed by atoms with Gasteiger partial charge in [0.25, 0.3) is 0 Å². The summed E-state index contributed by atoms with van der Waals surface area (Å²) >= 11 is 12.1. The van der Waals surface area contributed by atoms with Crippen LogP contribution < -0.4 is 4.90 Å². The summed E-state index contributed by atoms with van der Waals surface area (Å²) in [7, 11) is 0. The van der Waals surface area contributed by atoms with Crippen molar-refractivity contribution in [3.63, 3.8) is 0 Å². The highest BCUT2D eigenvalue weighted by Crippen LogP contribution is 2.25. The molecule has 0 radical (unpaired) electrons. The molecule has 2 aromatic carbocycles. The molecule has 2 aromatic rings. The highest BCUT2D eigenvalue weighted by molar-refractivity contribution is 6.36. The Morgan fingerprint density at radius 3 is 2.67 bits per heavy atom. The SMILES string of the molecule is C[C@@H]1CC=CN=CN1c1ccc(C(=O)c2cc(Cl)ccc2Cl)cc1. The third kappa shape index (κ3) is 3.53. The van der Waals surface area contributed by atoms with E-state index in [-0.39, 0.29) is 5.78 Å². The summed E-state index contributed by atoms with van der Waals surface area (Å²) in [6.45, 7) is 2.13. The fourth-order valence-corrected chi connectivity index (χ4v) is 2.96. The van der Waals surface area contributed by atoms with Crippen molar-refractivity contribution in [3.05, 3.63) is 75.9 Å². The molecule has 122 valence electrons.